The molecule has 0 spiro atoms. The number of aromatic nitrogens is 2. The van der Waals surface area contributed by atoms with Crippen LogP contribution in [0.15, 0.2) is 18.3 Å². The second-order valence-corrected chi connectivity index (χ2v) is 6.25. The Morgan fingerprint density at radius 1 is 1.36 bits per heavy atom. The van der Waals surface area contributed by atoms with Gasteiger partial charge >= 0.3 is 5.97 Å². The summed E-state index contributed by atoms with van der Waals surface area (Å²) in [6.07, 6.45) is 3.76. The smallest absolute Gasteiger partial charge is 0.356 e. The van der Waals surface area contributed by atoms with Gasteiger partial charge < -0.3 is 20.1 Å². The molecule has 0 aromatic carbocycles. The number of fused-ring (bicyclic) bond motifs is 1. The van der Waals surface area contributed by atoms with Gasteiger partial charge in [0, 0.05) is 23.8 Å². The van der Waals surface area contributed by atoms with E-state index in [1.165, 1.54) is 0 Å². The van der Waals surface area contributed by atoms with Crippen molar-refractivity contribution >= 4 is 17.2 Å². The Morgan fingerprint density at radius 3 is 2.64 bits per heavy atom. The van der Waals surface area contributed by atoms with Crippen molar-refractivity contribution in [3.63, 3.8) is 0 Å². The number of nitrogens with two attached hydrogens (primary N) is 1. The molecule has 3 heterocycles. The average Bonchev–Trinajstić information content (AvgIpc) is 2.86. The van der Waals surface area contributed by atoms with Crippen LogP contribution in [0.5, 0.6) is 0 Å². The Kier molecular flexibility index (Phi) is 3.78. The number of imidazole rings is 1. The van der Waals surface area contributed by atoms with E-state index in [2.05, 4.69) is 23.7 Å². The number of hydrogen-bond donors (Lipinski definition) is 2. The molecule has 1 fully saturated rings. The Labute approximate surface area is 129 Å². The van der Waals surface area contributed by atoms with Crippen LogP contribution in [0.3, 0.4) is 0 Å². The molecule has 0 atom stereocenters. The molecule has 22 heavy (non-hydrogen) atoms. The zero-order valence-corrected chi connectivity index (χ0v) is 13.0. The van der Waals surface area contributed by atoms with Crippen molar-refractivity contribution in [2.75, 3.05) is 18.8 Å². The fraction of sp³-hybridized carbons (Fsp3) is 0.500. The summed E-state index contributed by atoms with van der Waals surface area (Å²) in [6.45, 7) is 6.44. The third-order valence-electron chi connectivity index (χ3n) is 4.51. The second kappa shape index (κ2) is 5.61. The maximum atomic E-state index is 11.4. The van der Waals surface area contributed by atoms with Crippen LogP contribution in [-0.4, -0.2) is 44.5 Å². The van der Waals surface area contributed by atoms with E-state index in [9.17, 15) is 9.90 Å². The molecule has 0 unspecified atom stereocenters. The monoisotopic (exact) mass is 302 g/mol. The summed E-state index contributed by atoms with van der Waals surface area (Å²) in [4.78, 5) is 18.3. The zero-order chi connectivity index (χ0) is 15.9. The van der Waals surface area contributed by atoms with Gasteiger partial charge in [-0.2, -0.15) is 0 Å². The topological polar surface area (TPSA) is 83.9 Å². The summed E-state index contributed by atoms with van der Waals surface area (Å²) >= 11 is 0. The maximum absolute atomic E-state index is 11.4. The van der Waals surface area contributed by atoms with Crippen LogP contribution in [0.2, 0.25) is 0 Å². The Hall–Kier alpha value is -2.08. The van der Waals surface area contributed by atoms with Crippen LogP contribution in [0.4, 0.5) is 5.69 Å². The lowest BCUT2D eigenvalue weighted by molar-refractivity contribution is 0.0693. The molecular formula is C16H22N4O2. The van der Waals surface area contributed by atoms with Crippen molar-refractivity contribution in [1.82, 2.24) is 14.3 Å². The first-order valence-corrected chi connectivity index (χ1v) is 7.72. The largest absolute Gasteiger partial charge is 0.476 e. The van der Waals surface area contributed by atoms with Gasteiger partial charge in [0.05, 0.1) is 5.52 Å². The van der Waals surface area contributed by atoms with E-state index in [1.54, 1.807) is 18.3 Å². The van der Waals surface area contributed by atoms with Crippen molar-refractivity contribution in [3.8, 4) is 0 Å². The predicted molar refractivity (Wildman–Crippen MR) is 85.2 cm³/mol. The fourth-order valence-corrected chi connectivity index (χ4v) is 3.24. The minimum atomic E-state index is -0.992. The van der Waals surface area contributed by atoms with Gasteiger partial charge in [-0.15, -0.1) is 0 Å². The number of nitrogens with zero attached hydrogens (tertiary/aromatic N) is 3. The van der Waals surface area contributed by atoms with Crippen molar-refractivity contribution in [2.24, 2.45) is 0 Å². The van der Waals surface area contributed by atoms with E-state index in [-0.39, 0.29) is 11.6 Å². The highest BCUT2D eigenvalue weighted by Gasteiger charge is 2.27. The molecule has 0 amide bonds. The summed E-state index contributed by atoms with van der Waals surface area (Å²) < 4.78 is 1.86. The first kappa shape index (κ1) is 14.8. The summed E-state index contributed by atoms with van der Waals surface area (Å²) in [6, 6.07) is 4.00. The maximum Gasteiger partial charge on any atom is 0.356 e. The van der Waals surface area contributed by atoms with Gasteiger partial charge in [-0.1, -0.05) is 0 Å². The molecule has 6 heteroatoms. The highest BCUT2D eigenvalue weighted by Crippen LogP contribution is 2.30. The first-order valence-electron chi connectivity index (χ1n) is 7.72. The molecule has 0 radical (unpaired) electrons. The Morgan fingerprint density at radius 2 is 2.05 bits per heavy atom. The number of likely N-dealkylation sites (tertiary alicyclic amines) is 1. The predicted octanol–water partition coefficient (Wildman–Crippen LogP) is 2.20. The second-order valence-electron chi connectivity index (χ2n) is 6.25. The summed E-state index contributed by atoms with van der Waals surface area (Å²) in [5.74, 6) is 0.105. The number of rotatable bonds is 3. The molecule has 0 bridgehead atoms. The molecule has 1 saturated heterocycles. The van der Waals surface area contributed by atoms with E-state index in [1.807, 2.05) is 4.40 Å². The van der Waals surface area contributed by atoms with Gasteiger partial charge in [0.15, 0.2) is 5.69 Å². The molecule has 0 saturated carbocycles. The highest BCUT2D eigenvalue weighted by atomic mass is 16.4. The Bertz CT molecular complexity index is 699. The van der Waals surface area contributed by atoms with E-state index < -0.39 is 5.97 Å². The molecule has 3 N–H and O–H groups in total. The number of carboxylic acid groups (broad SMARTS) is 1. The van der Waals surface area contributed by atoms with Crippen LogP contribution >= 0.6 is 0 Å². The number of aromatic carboxylic acids is 1. The van der Waals surface area contributed by atoms with Gasteiger partial charge in [-0.25, -0.2) is 9.78 Å². The van der Waals surface area contributed by atoms with Crippen LogP contribution in [0.1, 0.15) is 48.9 Å². The molecule has 1 aliphatic heterocycles. The number of hydrogen-bond acceptors (Lipinski definition) is 4. The summed E-state index contributed by atoms with van der Waals surface area (Å²) in [5, 5.41) is 9.36. The van der Waals surface area contributed by atoms with Crippen LogP contribution in [0.25, 0.3) is 5.52 Å². The molecular weight excluding hydrogens is 280 g/mol. The third kappa shape index (κ3) is 2.54. The van der Waals surface area contributed by atoms with Gasteiger partial charge in [0.25, 0.3) is 0 Å². The molecule has 2 aromatic rings. The molecule has 2 aromatic heterocycles. The van der Waals surface area contributed by atoms with Crippen LogP contribution < -0.4 is 5.73 Å². The number of carboxylic acids is 1. The number of pyridine rings is 1. The molecule has 0 aliphatic carbocycles. The van der Waals surface area contributed by atoms with Gasteiger partial charge in [-0.05, 0) is 51.9 Å². The fourth-order valence-electron chi connectivity index (χ4n) is 3.24. The molecule has 118 valence electrons. The van der Waals surface area contributed by atoms with E-state index in [4.69, 9.17) is 5.73 Å². The van der Waals surface area contributed by atoms with Crippen LogP contribution in [0, 0.1) is 0 Å². The number of piperidine rings is 1. The highest BCUT2D eigenvalue weighted by molar-refractivity contribution is 5.93. The average molecular weight is 302 g/mol. The summed E-state index contributed by atoms with van der Waals surface area (Å²) in [5.41, 5.74) is 7.20. The van der Waals surface area contributed by atoms with Crippen molar-refractivity contribution < 1.29 is 9.90 Å². The Balaban J connectivity index is 1.97. The minimum absolute atomic E-state index is 0.112. The lowest BCUT2D eigenvalue weighted by Gasteiger charge is -2.34. The summed E-state index contributed by atoms with van der Waals surface area (Å²) in [7, 11) is 0. The lowest BCUT2D eigenvalue weighted by atomic mass is 9.95. The minimum Gasteiger partial charge on any atom is -0.476 e. The van der Waals surface area contributed by atoms with E-state index >= 15 is 0 Å². The normalized spacial score (nSPS) is 17.4. The zero-order valence-electron chi connectivity index (χ0n) is 13.0. The van der Waals surface area contributed by atoms with Crippen molar-refractivity contribution in [2.45, 2.75) is 38.6 Å². The molecule has 1 aliphatic rings. The van der Waals surface area contributed by atoms with E-state index in [0.29, 0.717) is 17.2 Å². The van der Waals surface area contributed by atoms with Crippen LogP contribution in [-0.2, 0) is 0 Å². The third-order valence-corrected chi connectivity index (χ3v) is 4.51. The first-order chi connectivity index (χ1) is 10.5. The molecule has 3 rings (SSSR count). The van der Waals surface area contributed by atoms with Gasteiger partial charge in [0.1, 0.15) is 5.82 Å². The van der Waals surface area contributed by atoms with Gasteiger partial charge in [0.2, 0.25) is 0 Å². The van der Waals surface area contributed by atoms with Crippen molar-refractivity contribution in [1.29, 1.82) is 0 Å². The van der Waals surface area contributed by atoms with Gasteiger partial charge in [-0.3, -0.25) is 0 Å². The standard InChI is InChI=1S/C16H22N4O2/c1-10(2)19-7-5-11(6-8-19)15-18-14(16(21)22)13-4-3-12(17)9-20(13)15/h3-4,9-11H,5-8,17H2,1-2H3,(H,21,22). The number of carbonyl (C=O) groups is 1. The number of anilines is 1. The van der Waals surface area contributed by atoms with Crippen molar-refractivity contribution in [3.05, 3.63) is 29.8 Å². The quantitative estimate of drug-likeness (QED) is 0.908. The molecule has 6 nitrogen and oxygen atoms in total. The SMILES string of the molecule is CC(C)N1CCC(c2nc(C(=O)O)c3ccc(N)cn23)CC1. The van der Waals surface area contributed by atoms with E-state index in [0.717, 1.165) is 31.8 Å². The lowest BCUT2D eigenvalue weighted by Crippen LogP contribution is -2.38. The number of nitrogen functional groups attached to an aromatic ring is 1.